The van der Waals surface area contributed by atoms with Crippen LogP contribution < -0.4 is 14.2 Å². The van der Waals surface area contributed by atoms with E-state index in [9.17, 15) is 14.7 Å². The van der Waals surface area contributed by atoms with Crippen LogP contribution in [0, 0.1) is 0 Å². The second kappa shape index (κ2) is 7.19. The average molecular weight is 371 g/mol. The Labute approximate surface area is 157 Å². The molecule has 0 bridgehead atoms. The Kier molecular flexibility index (Phi) is 4.94. The lowest BCUT2D eigenvalue weighted by Gasteiger charge is -2.38. The predicted octanol–water partition coefficient (Wildman–Crippen LogP) is 2.71. The number of carboxylic acids is 1. The van der Waals surface area contributed by atoms with Gasteiger partial charge < -0.3 is 24.2 Å². The summed E-state index contributed by atoms with van der Waals surface area (Å²) in [5.41, 5.74) is 1.48. The minimum absolute atomic E-state index is 0.234. The molecule has 1 amide bonds. The highest BCUT2D eigenvalue weighted by Gasteiger charge is 2.43. The Bertz CT molecular complexity index is 869. The molecular formula is C20H21NO6. The zero-order chi connectivity index (χ0) is 19.7. The van der Waals surface area contributed by atoms with Gasteiger partial charge in [-0.05, 0) is 29.3 Å². The van der Waals surface area contributed by atoms with Crippen LogP contribution in [0.2, 0.25) is 0 Å². The Morgan fingerprint density at radius 2 is 1.63 bits per heavy atom. The summed E-state index contributed by atoms with van der Waals surface area (Å²) in [5.74, 6) is -0.971. The van der Waals surface area contributed by atoms with Gasteiger partial charge in [0.2, 0.25) is 5.75 Å². The summed E-state index contributed by atoms with van der Waals surface area (Å²) in [6.45, 7) is 0. The number of nitrogens with zero attached hydrogens (tertiary/aromatic N) is 1. The fraction of sp³-hybridized carbons (Fsp3) is 0.300. The number of carbonyl (C=O) groups excluding carboxylic acids is 1. The summed E-state index contributed by atoms with van der Waals surface area (Å²) in [6, 6.07) is 9.43. The molecule has 2 aromatic carbocycles. The van der Waals surface area contributed by atoms with Crippen molar-refractivity contribution in [3.63, 3.8) is 0 Å². The van der Waals surface area contributed by atoms with Crippen molar-refractivity contribution < 1.29 is 28.9 Å². The molecule has 1 N–H and O–H groups in total. The molecule has 7 heteroatoms. The van der Waals surface area contributed by atoms with Crippen molar-refractivity contribution >= 4 is 11.9 Å². The predicted molar refractivity (Wildman–Crippen MR) is 97.8 cm³/mol. The van der Waals surface area contributed by atoms with E-state index in [1.54, 1.807) is 43.4 Å². The minimum atomic E-state index is -1.01. The number of amides is 1. The molecule has 0 saturated carbocycles. The second-order valence-corrected chi connectivity index (χ2v) is 6.22. The first-order valence-corrected chi connectivity index (χ1v) is 8.33. The molecule has 2 atom stereocenters. The number of ether oxygens (including phenoxy) is 3. The zero-order valence-corrected chi connectivity index (χ0v) is 15.6. The van der Waals surface area contributed by atoms with Gasteiger partial charge in [0.05, 0.1) is 27.4 Å². The lowest BCUT2D eigenvalue weighted by atomic mass is 9.80. The Hall–Kier alpha value is -3.22. The van der Waals surface area contributed by atoms with Crippen molar-refractivity contribution in [2.24, 2.45) is 0 Å². The van der Waals surface area contributed by atoms with E-state index in [0.29, 0.717) is 33.9 Å². The number of hydrogen-bond donors (Lipinski definition) is 1. The van der Waals surface area contributed by atoms with Crippen LogP contribution >= 0.6 is 0 Å². The smallest absolute Gasteiger partial charge is 0.313 e. The number of hydrogen-bond acceptors (Lipinski definition) is 5. The van der Waals surface area contributed by atoms with E-state index in [-0.39, 0.29) is 5.91 Å². The van der Waals surface area contributed by atoms with E-state index >= 15 is 0 Å². The molecule has 1 aliphatic rings. The molecular weight excluding hydrogens is 350 g/mol. The molecule has 0 fully saturated rings. The molecule has 142 valence electrons. The van der Waals surface area contributed by atoms with Gasteiger partial charge in [0.15, 0.2) is 11.5 Å². The normalized spacial score (nSPS) is 18.7. The highest BCUT2D eigenvalue weighted by molar-refractivity contribution is 6.00. The van der Waals surface area contributed by atoms with Crippen molar-refractivity contribution in [1.29, 1.82) is 0 Å². The van der Waals surface area contributed by atoms with Crippen LogP contribution in [-0.2, 0) is 4.79 Å². The maximum Gasteiger partial charge on any atom is 0.313 e. The molecule has 2 aromatic rings. The summed E-state index contributed by atoms with van der Waals surface area (Å²) in [5, 5.41) is 9.95. The first-order valence-electron chi connectivity index (χ1n) is 8.33. The third-order valence-electron chi connectivity index (χ3n) is 4.87. The van der Waals surface area contributed by atoms with E-state index in [0.717, 1.165) is 0 Å². The van der Waals surface area contributed by atoms with Gasteiger partial charge in [-0.1, -0.05) is 18.2 Å². The molecule has 27 heavy (non-hydrogen) atoms. The van der Waals surface area contributed by atoms with Crippen molar-refractivity contribution in [1.82, 2.24) is 4.90 Å². The number of aliphatic carboxylic acids is 1. The van der Waals surface area contributed by atoms with Crippen molar-refractivity contribution in [3.05, 3.63) is 53.1 Å². The minimum Gasteiger partial charge on any atom is -0.493 e. The van der Waals surface area contributed by atoms with E-state index in [2.05, 4.69) is 0 Å². The van der Waals surface area contributed by atoms with Crippen LogP contribution in [0.15, 0.2) is 36.4 Å². The fourth-order valence-electron chi connectivity index (χ4n) is 3.63. The first-order chi connectivity index (χ1) is 12.9. The summed E-state index contributed by atoms with van der Waals surface area (Å²) < 4.78 is 16.1. The average Bonchev–Trinajstić information content (AvgIpc) is 2.68. The number of carbonyl (C=O) groups is 2. The monoisotopic (exact) mass is 371 g/mol. The lowest BCUT2D eigenvalue weighted by Crippen LogP contribution is -2.42. The lowest BCUT2D eigenvalue weighted by molar-refractivity contribution is -0.140. The topological polar surface area (TPSA) is 85.3 Å². The molecule has 3 rings (SSSR count). The molecule has 0 spiro atoms. The van der Waals surface area contributed by atoms with Crippen molar-refractivity contribution in [3.8, 4) is 17.2 Å². The summed E-state index contributed by atoms with van der Waals surface area (Å²) >= 11 is 0. The molecule has 1 aliphatic heterocycles. The molecule has 7 nitrogen and oxygen atoms in total. The first kappa shape index (κ1) is 18.6. The molecule has 2 unspecified atom stereocenters. The van der Waals surface area contributed by atoms with Gasteiger partial charge >= 0.3 is 5.97 Å². The summed E-state index contributed by atoms with van der Waals surface area (Å²) in [7, 11) is 6.07. The molecule has 1 heterocycles. The summed E-state index contributed by atoms with van der Waals surface area (Å²) in [6.07, 6.45) is 0. The highest BCUT2D eigenvalue weighted by atomic mass is 16.5. The fourth-order valence-corrected chi connectivity index (χ4v) is 3.63. The van der Waals surface area contributed by atoms with Crippen LogP contribution in [-0.4, -0.2) is 50.3 Å². The highest BCUT2D eigenvalue weighted by Crippen LogP contribution is 2.46. The Morgan fingerprint density at radius 3 is 2.15 bits per heavy atom. The van der Waals surface area contributed by atoms with Crippen molar-refractivity contribution in [2.75, 3.05) is 28.4 Å². The second-order valence-electron chi connectivity index (χ2n) is 6.22. The van der Waals surface area contributed by atoms with E-state index in [4.69, 9.17) is 14.2 Å². The van der Waals surface area contributed by atoms with Gasteiger partial charge in [-0.15, -0.1) is 0 Å². The SMILES string of the molecule is COc1cc(C2C(C(=O)O)c3ccccc3C(=O)N2C)cc(OC)c1OC. The number of fused-ring (bicyclic) bond motifs is 1. The number of carboxylic acid groups (broad SMARTS) is 1. The number of methoxy groups -OCH3 is 3. The zero-order valence-electron chi connectivity index (χ0n) is 15.6. The largest absolute Gasteiger partial charge is 0.493 e. The number of rotatable bonds is 5. The van der Waals surface area contributed by atoms with Crippen LogP contribution in [0.5, 0.6) is 17.2 Å². The van der Waals surface area contributed by atoms with Gasteiger partial charge in [0.1, 0.15) is 5.92 Å². The van der Waals surface area contributed by atoms with Crippen LogP contribution in [0.3, 0.4) is 0 Å². The molecule has 0 aromatic heterocycles. The summed E-state index contributed by atoms with van der Waals surface area (Å²) in [4.78, 5) is 26.5. The molecule has 0 aliphatic carbocycles. The van der Waals surface area contributed by atoms with Gasteiger partial charge in [-0.25, -0.2) is 0 Å². The number of likely N-dealkylation sites (N-methyl/N-ethyl adjacent to an activating group) is 1. The van der Waals surface area contributed by atoms with Gasteiger partial charge in [0, 0.05) is 12.6 Å². The van der Waals surface area contributed by atoms with Gasteiger partial charge in [0.25, 0.3) is 5.91 Å². The standard InChI is InChI=1S/C20H21NO6/c1-21-17(11-9-14(25-2)18(27-4)15(10-11)26-3)16(20(23)24)12-7-5-6-8-13(12)19(21)22/h5-10,16-17H,1-4H3,(H,23,24). The van der Waals surface area contributed by atoms with E-state index < -0.39 is 17.9 Å². The quantitative estimate of drug-likeness (QED) is 0.870. The van der Waals surface area contributed by atoms with E-state index in [1.807, 2.05) is 0 Å². The number of benzene rings is 2. The maximum absolute atomic E-state index is 12.8. The Balaban J connectivity index is 2.23. The van der Waals surface area contributed by atoms with Crippen LogP contribution in [0.25, 0.3) is 0 Å². The van der Waals surface area contributed by atoms with Crippen LogP contribution in [0.4, 0.5) is 0 Å². The third kappa shape index (κ3) is 2.95. The van der Waals surface area contributed by atoms with Gasteiger partial charge in [-0.2, -0.15) is 0 Å². The van der Waals surface area contributed by atoms with Gasteiger partial charge in [-0.3, -0.25) is 9.59 Å². The molecule has 0 radical (unpaired) electrons. The van der Waals surface area contributed by atoms with Crippen LogP contribution in [0.1, 0.15) is 33.4 Å². The third-order valence-corrected chi connectivity index (χ3v) is 4.87. The van der Waals surface area contributed by atoms with Crippen molar-refractivity contribution in [2.45, 2.75) is 12.0 Å². The molecule has 0 saturated heterocycles. The van der Waals surface area contributed by atoms with E-state index in [1.165, 1.54) is 26.2 Å². The maximum atomic E-state index is 12.8. The Morgan fingerprint density at radius 1 is 1.04 bits per heavy atom.